The molecule has 4 heteroatoms. The molecular formula is C16H17NO3. The average molecular weight is 271 g/mol. The summed E-state index contributed by atoms with van der Waals surface area (Å²) >= 11 is 0. The first-order chi connectivity index (χ1) is 9.63. The van der Waals surface area contributed by atoms with Crippen molar-refractivity contribution in [2.75, 3.05) is 12.1 Å². The normalized spacial score (nSPS) is 14.1. The lowest BCUT2D eigenvalue weighted by atomic mass is 10.0. The minimum absolute atomic E-state index is 0.00373. The summed E-state index contributed by atoms with van der Waals surface area (Å²) in [7, 11) is 0. The van der Waals surface area contributed by atoms with Crippen LogP contribution in [0.25, 0.3) is 0 Å². The van der Waals surface area contributed by atoms with Crippen LogP contribution in [-0.4, -0.2) is 11.9 Å². The van der Waals surface area contributed by atoms with E-state index in [9.17, 15) is 5.11 Å². The highest BCUT2D eigenvalue weighted by atomic mass is 16.7. The Morgan fingerprint density at radius 3 is 2.70 bits per heavy atom. The summed E-state index contributed by atoms with van der Waals surface area (Å²) in [6.07, 6.45) is 0. The number of ether oxygens (including phenoxy) is 2. The van der Waals surface area contributed by atoms with Crippen molar-refractivity contribution in [2.24, 2.45) is 0 Å². The Balaban J connectivity index is 1.80. The summed E-state index contributed by atoms with van der Waals surface area (Å²) in [5.41, 5.74) is 2.84. The van der Waals surface area contributed by atoms with E-state index in [0.717, 1.165) is 28.3 Å². The van der Waals surface area contributed by atoms with E-state index in [2.05, 4.69) is 5.32 Å². The molecule has 104 valence electrons. The summed E-state index contributed by atoms with van der Waals surface area (Å²) in [6, 6.07) is 11.4. The van der Waals surface area contributed by atoms with E-state index < -0.39 is 0 Å². The van der Waals surface area contributed by atoms with Gasteiger partial charge in [-0.3, -0.25) is 0 Å². The van der Waals surface area contributed by atoms with Crippen molar-refractivity contribution in [3.05, 3.63) is 47.5 Å². The molecule has 0 saturated carbocycles. The maximum absolute atomic E-state index is 10.0. The van der Waals surface area contributed by atoms with Gasteiger partial charge in [-0.1, -0.05) is 12.1 Å². The Hall–Kier alpha value is -2.36. The van der Waals surface area contributed by atoms with Gasteiger partial charge >= 0.3 is 0 Å². The highest BCUT2D eigenvalue weighted by Crippen LogP contribution is 2.36. The van der Waals surface area contributed by atoms with E-state index in [1.165, 1.54) is 0 Å². The van der Waals surface area contributed by atoms with Crippen molar-refractivity contribution in [3.63, 3.8) is 0 Å². The smallest absolute Gasteiger partial charge is 0.231 e. The van der Waals surface area contributed by atoms with Gasteiger partial charge < -0.3 is 19.9 Å². The number of phenols is 1. The van der Waals surface area contributed by atoms with E-state index >= 15 is 0 Å². The van der Waals surface area contributed by atoms with Crippen LogP contribution < -0.4 is 14.8 Å². The number of nitrogens with one attached hydrogen (secondary N) is 1. The summed E-state index contributed by atoms with van der Waals surface area (Å²) in [5, 5.41) is 13.4. The van der Waals surface area contributed by atoms with Crippen molar-refractivity contribution in [2.45, 2.75) is 19.9 Å². The summed E-state index contributed by atoms with van der Waals surface area (Å²) in [4.78, 5) is 0. The van der Waals surface area contributed by atoms with Crippen LogP contribution in [0.4, 0.5) is 5.69 Å². The lowest BCUT2D eigenvalue weighted by Crippen LogP contribution is -2.06. The molecule has 2 aromatic rings. The van der Waals surface area contributed by atoms with Crippen LogP contribution >= 0.6 is 0 Å². The molecule has 0 saturated heterocycles. The molecule has 4 nitrogen and oxygen atoms in total. The standard InChI is InChI=1S/C16H17NO3/c1-10-3-5-13(14(18)7-10)11(2)17-12-4-6-15-16(8-12)20-9-19-15/h3-8,11,17-18H,9H2,1-2H3. The molecule has 1 aliphatic heterocycles. The Bertz CT molecular complexity index is 640. The number of anilines is 1. The third-order valence-electron chi connectivity index (χ3n) is 3.41. The molecule has 0 fully saturated rings. The van der Waals surface area contributed by atoms with Gasteiger partial charge in [0.25, 0.3) is 0 Å². The molecule has 3 rings (SSSR count). The molecule has 1 heterocycles. The van der Waals surface area contributed by atoms with Gasteiger partial charge in [0.15, 0.2) is 11.5 Å². The number of fused-ring (bicyclic) bond motifs is 1. The molecule has 1 aliphatic rings. The van der Waals surface area contributed by atoms with Crippen LogP contribution in [-0.2, 0) is 0 Å². The molecule has 0 amide bonds. The molecule has 2 N–H and O–H groups in total. The molecule has 0 aromatic heterocycles. The van der Waals surface area contributed by atoms with Crippen LogP contribution in [0.1, 0.15) is 24.1 Å². The molecular weight excluding hydrogens is 254 g/mol. The minimum atomic E-state index is -0.00373. The van der Waals surface area contributed by atoms with Crippen LogP contribution in [0.15, 0.2) is 36.4 Å². The average Bonchev–Trinajstić information content (AvgIpc) is 2.85. The van der Waals surface area contributed by atoms with Gasteiger partial charge in [-0.25, -0.2) is 0 Å². The first-order valence-electron chi connectivity index (χ1n) is 6.59. The zero-order chi connectivity index (χ0) is 14.1. The lowest BCUT2D eigenvalue weighted by Gasteiger charge is -2.17. The SMILES string of the molecule is Cc1ccc(C(C)Nc2ccc3c(c2)OCO3)c(O)c1. The van der Waals surface area contributed by atoms with Crippen molar-refractivity contribution in [1.29, 1.82) is 0 Å². The van der Waals surface area contributed by atoms with E-state index in [1.807, 2.05) is 44.2 Å². The van der Waals surface area contributed by atoms with Gasteiger partial charge in [-0.15, -0.1) is 0 Å². The first kappa shape index (κ1) is 12.7. The predicted octanol–water partition coefficient (Wildman–Crippen LogP) is 3.60. The maximum Gasteiger partial charge on any atom is 0.231 e. The highest BCUT2D eigenvalue weighted by Gasteiger charge is 2.15. The largest absolute Gasteiger partial charge is 0.508 e. The second-order valence-corrected chi connectivity index (χ2v) is 5.00. The Labute approximate surface area is 118 Å². The molecule has 2 aromatic carbocycles. The number of rotatable bonds is 3. The van der Waals surface area contributed by atoms with Crippen LogP contribution in [0.2, 0.25) is 0 Å². The lowest BCUT2D eigenvalue weighted by molar-refractivity contribution is 0.174. The van der Waals surface area contributed by atoms with Gasteiger partial charge in [-0.05, 0) is 37.6 Å². The zero-order valence-corrected chi connectivity index (χ0v) is 11.5. The third-order valence-corrected chi connectivity index (χ3v) is 3.41. The predicted molar refractivity (Wildman–Crippen MR) is 77.4 cm³/mol. The molecule has 1 atom stereocenters. The highest BCUT2D eigenvalue weighted by molar-refractivity contribution is 5.57. The van der Waals surface area contributed by atoms with Crippen LogP contribution in [0.5, 0.6) is 17.2 Å². The second-order valence-electron chi connectivity index (χ2n) is 5.00. The van der Waals surface area contributed by atoms with Gasteiger partial charge in [0.1, 0.15) is 5.75 Å². The van der Waals surface area contributed by atoms with Gasteiger partial charge in [0.05, 0.1) is 6.04 Å². The Morgan fingerprint density at radius 1 is 1.10 bits per heavy atom. The Kier molecular flexibility index (Phi) is 3.14. The summed E-state index contributed by atoms with van der Waals surface area (Å²) in [5.74, 6) is 1.82. The minimum Gasteiger partial charge on any atom is -0.508 e. The maximum atomic E-state index is 10.0. The van der Waals surface area contributed by atoms with E-state index in [1.54, 1.807) is 6.07 Å². The molecule has 20 heavy (non-hydrogen) atoms. The van der Waals surface area contributed by atoms with Crippen LogP contribution in [0.3, 0.4) is 0 Å². The van der Waals surface area contributed by atoms with E-state index in [4.69, 9.17) is 9.47 Å². The fourth-order valence-electron chi connectivity index (χ4n) is 2.33. The van der Waals surface area contributed by atoms with E-state index in [-0.39, 0.29) is 12.8 Å². The van der Waals surface area contributed by atoms with Crippen molar-refractivity contribution in [3.8, 4) is 17.2 Å². The first-order valence-corrected chi connectivity index (χ1v) is 6.59. The topological polar surface area (TPSA) is 50.7 Å². The number of aryl methyl sites for hydroxylation is 1. The molecule has 0 aliphatic carbocycles. The summed E-state index contributed by atoms with van der Waals surface area (Å²) < 4.78 is 10.6. The molecule has 0 spiro atoms. The number of phenolic OH excluding ortho intramolecular Hbond substituents is 1. The zero-order valence-electron chi connectivity index (χ0n) is 11.5. The molecule has 0 bridgehead atoms. The van der Waals surface area contributed by atoms with Crippen molar-refractivity contribution < 1.29 is 14.6 Å². The van der Waals surface area contributed by atoms with Crippen molar-refractivity contribution >= 4 is 5.69 Å². The number of aromatic hydroxyl groups is 1. The fourth-order valence-corrected chi connectivity index (χ4v) is 2.33. The second kappa shape index (κ2) is 4.96. The monoisotopic (exact) mass is 271 g/mol. The van der Waals surface area contributed by atoms with E-state index in [0.29, 0.717) is 5.75 Å². The molecule has 0 radical (unpaired) electrons. The third kappa shape index (κ3) is 2.37. The molecule has 1 unspecified atom stereocenters. The number of benzene rings is 2. The van der Waals surface area contributed by atoms with Gasteiger partial charge in [-0.2, -0.15) is 0 Å². The number of hydrogen-bond acceptors (Lipinski definition) is 4. The fraction of sp³-hybridized carbons (Fsp3) is 0.250. The summed E-state index contributed by atoms with van der Waals surface area (Å²) in [6.45, 7) is 4.24. The van der Waals surface area contributed by atoms with Gasteiger partial charge in [0.2, 0.25) is 6.79 Å². The van der Waals surface area contributed by atoms with Crippen molar-refractivity contribution in [1.82, 2.24) is 0 Å². The number of hydrogen-bond donors (Lipinski definition) is 2. The van der Waals surface area contributed by atoms with Gasteiger partial charge in [0, 0.05) is 17.3 Å². The quantitative estimate of drug-likeness (QED) is 0.895. The Morgan fingerprint density at radius 2 is 1.90 bits per heavy atom. The van der Waals surface area contributed by atoms with Crippen LogP contribution in [0, 0.1) is 6.92 Å².